The number of hydrogen-bond acceptors (Lipinski definition) is 3. The third kappa shape index (κ3) is 3.48. The standard InChI is InChI=1S/C14H16BrN3O/c15-11-3-6-13(10(7-11)8-16)18-12-4-1-9(2-5-12)14(17)19/h3,6-7,9,12,18H,1-2,4-5H2,(H2,17,19). The Morgan fingerprint density at radius 2 is 2.05 bits per heavy atom. The number of hydrogen-bond donors (Lipinski definition) is 2. The fourth-order valence-electron chi connectivity index (χ4n) is 2.48. The van der Waals surface area contributed by atoms with Crippen LogP contribution in [0.2, 0.25) is 0 Å². The van der Waals surface area contributed by atoms with Crippen molar-refractivity contribution in [3.05, 3.63) is 28.2 Å². The predicted octanol–water partition coefficient (Wildman–Crippen LogP) is 2.78. The average molecular weight is 322 g/mol. The van der Waals surface area contributed by atoms with Crippen LogP contribution in [-0.2, 0) is 4.79 Å². The van der Waals surface area contributed by atoms with E-state index in [1.807, 2.05) is 12.1 Å². The molecule has 0 heterocycles. The van der Waals surface area contributed by atoms with Crippen molar-refractivity contribution in [1.82, 2.24) is 0 Å². The number of nitrogens with zero attached hydrogens (tertiary/aromatic N) is 1. The summed E-state index contributed by atoms with van der Waals surface area (Å²) in [7, 11) is 0. The van der Waals surface area contributed by atoms with Crippen LogP contribution >= 0.6 is 15.9 Å². The number of rotatable bonds is 3. The Labute approximate surface area is 121 Å². The minimum absolute atomic E-state index is 0.0124. The van der Waals surface area contributed by atoms with E-state index in [0.717, 1.165) is 35.8 Å². The van der Waals surface area contributed by atoms with Crippen molar-refractivity contribution in [3.8, 4) is 6.07 Å². The molecule has 3 N–H and O–H groups in total. The molecule has 1 aromatic carbocycles. The highest BCUT2D eigenvalue weighted by Gasteiger charge is 2.24. The van der Waals surface area contributed by atoms with Crippen LogP contribution in [0.5, 0.6) is 0 Å². The highest BCUT2D eigenvalue weighted by atomic mass is 79.9. The van der Waals surface area contributed by atoms with Gasteiger partial charge < -0.3 is 11.1 Å². The lowest BCUT2D eigenvalue weighted by Crippen LogP contribution is -2.32. The third-order valence-electron chi connectivity index (χ3n) is 3.59. The Bertz CT molecular complexity index is 516. The SMILES string of the molecule is N#Cc1cc(Br)ccc1NC1CCC(C(N)=O)CC1. The number of nitrogens with two attached hydrogens (primary N) is 1. The number of anilines is 1. The fraction of sp³-hybridized carbons (Fsp3) is 0.429. The van der Waals surface area contributed by atoms with E-state index in [-0.39, 0.29) is 11.8 Å². The van der Waals surface area contributed by atoms with Crippen LogP contribution in [0.1, 0.15) is 31.2 Å². The van der Waals surface area contributed by atoms with Crippen LogP contribution in [0.4, 0.5) is 5.69 Å². The summed E-state index contributed by atoms with van der Waals surface area (Å²) >= 11 is 3.36. The molecule has 2 rings (SSSR count). The van der Waals surface area contributed by atoms with Gasteiger partial charge in [-0.15, -0.1) is 0 Å². The van der Waals surface area contributed by atoms with Crippen LogP contribution in [-0.4, -0.2) is 11.9 Å². The van der Waals surface area contributed by atoms with Gasteiger partial charge >= 0.3 is 0 Å². The molecular formula is C14H16BrN3O. The van der Waals surface area contributed by atoms with Crippen LogP contribution in [0, 0.1) is 17.2 Å². The molecule has 19 heavy (non-hydrogen) atoms. The molecule has 1 fully saturated rings. The maximum absolute atomic E-state index is 11.1. The lowest BCUT2D eigenvalue weighted by atomic mass is 9.85. The second kappa shape index (κ2) is 6.07. The van der Waals surface area contributed by atoms with Crippen molar-refractivity contribution in [2.75, 3.05) is 5.32 Å². The number of carbonyl (C=O) groups excluding carboxylic acids is 1. The van der Waals surface area contributed by atoms with Crippen LogP contribution in [0.25, 0.3) is 0 Å². The van der Waals surface area contributed by atoms with Gasteiger partial charge in [-0.3, -0.25) is 4.79 Å². The third-order valence-corrected chi connectivity index (χ3v) is 4.08. The van der Waals surface area contributed by atoms with Gasteiger partial charge in [0.1, 0.15) is 6.07 Å². The molecule has 0 atom stereocenters. The van der Waals surface area contributed by atoms with Gasteiger partial charge in [-0.05, 0) is 43.9 Å². The molecule has 4 nitrogen and oxygen atoms in total. The van der Waals surface area contributed by atoms with Crippen LogP contribution in [0.15, 0.2) is 22.7 Å². The van der Waals surface area contributed by atoms with Crippen molar-refractivity contribution in [1.29, 1.82) is 5.26 Å². The van der Waals surface area contributed by atoms with E-state index in [9.17, 15) is 4.79 Å². The molecule has 1 aliphatic rings. The van der Waals surface area contributed by atoms with Gasteiger partial charge in [0, 0.05) is 16.4 Å². The van der Waals surface area contributed by atoms with Gasteiger partial charge in [0.25, 0.3) is 0 Å². The number of benzene rings is 1. The summed E-state index contributed by atoms with van der Waals surface area (Å²) in [5.41, 5.74) is 6.81. The summed E-state index contributed by atoms with van der Waals surface area (Å²) in [6.07, 6.45) is 3.47. The van der Waals surface area contributed by atoms with Crippen LogP contribution < -0.4 is 11.1 Å². The Morgan fingerprint density at radius 1 is 1.37 bits per heavy atom. The van der Waals surface area contributed by atoms with Crippen molar-refractivity contribution < 1.29 is 4.79 Å². The van der Waals surface area contributed by atoms with E-state index in [2.05, 4.69) is 27.3 Å². The van der Waals surface area contributed by atoms with E-state index in [4.69, 9.17) is 11.0 Å². The Balaban J connectivity index is 2.00. The zero-order valence-electron chi connectivity index (χ0n) is 10.5. The maximum Gasteiger partial charge on any atom is 0.220 e. The Kier molecular flexibility index (Phi) is 4.43. The summed E-state index contributed by atoms with van der Waals surface area (Å²) in [6, 6.07) is 8.12. The molecule has 1 saturated carbocycles. The lowest BCUT2D eigenvalue weighted by molar-refractivity contribution is -0.122. The van der Waals surface area contributed by atoms with Gasteiger partial charge in [0.05, 0.1) is 11.3 Å². The minimum atomic E-state index is -0.195. The summed E-state index contributed by atoms with van der Waals surface area (Å²) in [4.78, 5) is 11.1. The topological polar surface area (TPSA) is 78.9 Å². The van der Waals surface area contributed by atoms with Gasteiger partial charge in [0.15, 0.2) is 0 Å². The second-order valence-electron chi connectivity index (χ2n) is 4.90. The minimum Gasteiger partial charge on any atom is -0.381 e. The molecule has 0 aromatic heterocycles. The highest BCUT2D eigenvalue weighted by molar-refractivity contribution is 9.10. The molecule has 0 spiro atoms. The quantitative estimate of drug-likeness (QED) is 0.898. The maximum atomic E-state index is 11.1. The molecule has 5 heteroatoms. The zero-order chi connectivity index (χ0) is 13.8. The molecule has 1 aromatic rings. The van der Waals surface area contributed by atoms with Crippen LogP contribution in [0.3, 0.4) is 0 Å². The van der Waals surface area contributed by atoms with E-state index < -0.39 is 0 Å². The number of halogens is 1. The Hall–Kier alpha value is -1.54. The Morgan fingerprint density at radius 3 is 2.63 bits per heavy atom. The smallest absolute Gasteiger partial charge is 0.220 e. The summed E-state index contributed by atoms with van der Waals surface area (Å²) in [5.74, 6) is -0.182. The number of nitrogens with one attached hydrogen (secondary N) is 1. The summed E-state index contributed by atoms with van der Waals surface area (Å²) in [6.45, 7) is 0. The first-order valence-electron chi connectivity index (χ1n) is 6.35. The van der Waals surface area contributed by atoms with Gasteiger partial charge in [-0.1, -0.05) is 15.9 Å². The molecule has 100 valence electrons. The van der Waals surface area contributed by atoms with Crippen molar-refractivity contribution in [2.24, 2.45) is 11.7 Å². The van der Waals surface area contributed by atoms with E-state index in [1.165, 1.54) is 0 Å². The van der Waals surface area contributed by atoms with Gasteiger partial charge in [0.2, 0.25) is 5.91 Å². The average Bonchev–Trinajstić information content (AvgIpc) is 2.41. The van der Waals surface area contributed by atoms with E-state index in [1.54, 1.807) is 6.07 Å². The number of carbonyl (C=O) groups is 1. The molecule has 1 amide bonds. The number of primary amides is 1. The first-order chi connectivity index (χ1) is 9.10. The molecule has 0 unspecified atom stereocenters. The van der Waals surface area contributed by atoms with Gasteiger partial charge in [-0.25, -0.2) is 0 Å². The molecular weight excluding hydrogens is 306 g/mol. The number of nitriles is 1. The predicted molar refractivity (Wildman–Crippen MR) is 77.4 cm³/mol. The summed E-state index contributed by atoms with van der Waals surface area (Å²) < 4.78 is 0.895. The summed E-state index contributed by atoms with van der Waals surface area (Å²) in [5, 5.41) is 12.5. The zero-order valence-corrected chi connectivity index (χ0v) is 12.1. The molecule has 1 aliphatic carbocycles. The van der Waals surface area contributed by atoms with Crippen molar-refractivity contribution in [3.63, 3.8) is 0 Å². The van der Waals surface area contributed by atoms with E-state index >= 15 is 0 Å². The molecule has 0 bridgehead atoms. The molecule has 0 aliphatic heterocycles. The monoisotopic (exact) mass is 321 g/mol. The molecule has 0 saturated heterocycles. The van der Waals surface area contributed by atoms with Gasteiger partial charge in [-0.2, -0.15) is 5.26 Å². The first-order valence-corrected chi connectivity index (χ1v) is 7.15. The second-order valence-corrected chi connectivity index (χ2v) is 5.81. The largest absolute Gasteiger partial charge is 0.381 e. The van der Waals surface area contributed by atoms with Crippen molar-refractivity contribution in [2.45, 2.75) is 31.7 Å². The van der Waals surface area contributed by atoms with E-state index in [0.29, 0.717) is 11.6 Å². The normalized spacial score (nSPS) is 22.5. The molecule has 0 radical (unpaired) electrons. The lowest BCUT2D eigenvalue weighted by Gasteiger charge is -2.28. The number of amides is 1. The highest BCUT2D eigenvalue weighted by Crippen LogP contribution is 2.28. The first kappa shape index (κ1) is 13.9. The fourth-order valence-corrected chi connectivity index (χ4v) is 2.84. The van der Waals surface area contributed by atoms with Crippen molar-refractivity contribution >= 4 is 27.5 Å².